The normalized spacial score (nSPS) is 14.8. The van der Waals surface area contributed by atoms with E-state index in [0.717, 1.165) is 55.2 Å². The van der Waals surface area contributed by atoms with Crippen molar-refractivity contribution in [3.8, 4) is 5.75 Å². The van der Waals surface area contributed by atoms with Crippen molar-refractivity contribution in [3.63, 3.8) is 0 Å². The van der Waals surface area contributed by atoms with E-state index in [2.05, 4.69) is 9.88 Å². The highest BCUT2D eigenvalue weighted by molar-refractivity contribution is 7.91. The quantitative estimate of drug-likeness (QED) is 0.384. The highest BCUT2D eigenvalue weighted by Gasteiger charge is 2.23. The summed E-state index contributed by atoms with van der Waals surface area (Å²) in [7, 11) is -3.55. The molecule has 0 N–H and O–H groups in total. The van der Waals surface area contributed by atoms with Gasteiger partial charge in [0.1, 0.15) is 5.75 Å². The summed E-state index contributed by atoms with van der Waals surface area (Å²) >= 11 is 1.42. The second-order valence-corrected chi connectivity index (χ2v) is 11.4. The lowest BCUT2D eigenvalue weighted by Crippen LogP contribution is -2.39. The molecule has 0 bridgehead atoms. The Kier molecular flexibility index (Phi) is 8.72. The number of thiazole rings is 1. The second kappa shape index (κ2) is 11.9. The zero-order valence-electron chi connectivity index (χ0n) is 19.9. The average Bonchev–Trinajstić information content (AvgIpc) is 3.29. The number of carbonyl (C=O) groups is 1. The molecular formula is C25H31N3O5S2. The van der Waals surface area contributed by atoms with Crippen molar-refractivity contribution in [1.29, 1.82) is 0 Å². The van der Waals surface area contributed by atoms with Crippen LogP contribution in [0.2, 0.25) is 0 Å². The Labute approximate surface area is 210 Å². The summed E-state index contributed by atoms with van der Waals surface area (Å²) < 4.78 is 37.4. The number of sulfone groups is 1. The Morgan fingerprint density at radius 1 is 1.17 bits per heavy atom. The van der Waals surface area contributed by atoms with E-state index < -0.39 is 9.84 Å². The van der Waals surface area contributed by atoms with Crippen molar-refractivity contribution in [2.75, 3.05) is 56.7 Å². The monoisotopic (exact) mass is 517 g/mol. The van der Waals surface area contributed by atoms with E-state index in [4.69, 9.17) is 9.47 Å². The third-order valence-electron chi connectivity index (χ3n) is 5.84. The predicted molar refractivity (Wildman–Crippen MR) is 138 cm³/mol. The minimum atomic E-state index is -3.55. The fraction of sp³-hybridized carbons (Fsp3) is 0.440. The van der Waals surface area contributed by atoms with E-state index in [1.807, 2.05) is 25.1 Å². The van der Waals surface area contributed by atoms with Crippen molar-refractivity contribution in [3.05, 3.63) is 48.5 Å². The maximum Gasteiger partial charge on any atom is 0.229 e. The minimum Gasteiger partial charge on any atom is -0.494 e. The third kappa shape index (κ3) is 6.78. The number of morpholine rings is 1. The predicted octanol–water partition coefficient (Wildman–Crippen LogP) is 3.61. The molecule has 4 rings (SSSR count). The van der Waals surface area contributed by atoms with Crippen LogP contribution in [0, 0.1) is 0 Å². The molecule has 1 fully saturated rings. The molecule has 1 aliphatic rings. The number of anilines is 1. The number of nitrogens with zero attached hydrogens (tertiary/aromatic N) is 3. The topological polar surface area (TPSA) is 89.0 Å². The molecule has 0 radical (unpaired) electrons. The fourth-order valence-electron chi connectivity index (χ4n) is 3.97. The van der Waals surface area contributed by atoms with Crippen LogP contribution in [-0.2, 0) is 19.4 Å². The van der Waals surface area contributed by atoms with Crippen molar-refractivity contribution >= 4 is 42.4 Å². The zero-order valence-corrected chi connectivity index (χ0v) is 21.5. The molecule has 1 aliphatic heterocycles. The van der Waals surface area contributed by atoms with Crippen LogP contribution in [-0.4, -0.2) is 76.0 Å². The van der Waals surface area contributed by atoms with Crippen LogP contribution in [0.4, 0.5) is 5.13 Å². The summed E-state index contributed by atoms with van der Waals surface area (Å²) in [6.07, 6.45) is 0.659. The summed E-state index contributed by atoms with van der Waals surface area (Å²) in [5.74, 6) is 0.278. The van der Waals surface area contributed by atoms with Gasteiger partial charge in [0.05, 0.1) is 40.7 Å². The van der Waals surface area contributed by atoms with Gasteiger partial charge in [-0.2, -0.15) is 0 Å². The number of carbonyl (C=O) groups excluding carboxylic acids is 1. The first-order valence-electron chi connectivity index (χ1n) is 11.9. The molecule has 0 atom stereocenters. The molecule has 1 aromatic heterocycles. The number of hydrogen-bond donors (Lipinski definition) is 0. The Morgan fingerprint density at radius 3 is 2.69 bits per heavy atom. The van der Waals surface area contributed by atoms with Gasteiger partial charge in [-0.1, -0.05) is 29.5 Å². The number of fused-ring (bicyclic) bond motifs is 1. The zero-order chi connectivity index (χ0) is 24.7. The van der Waals surface area contributed by atoms with Crippen LogP contribution in [0.1, 0.15) is 19.8 Å². The number of amides is 1. The van der Waals surface area contributed by atoms with Crippen LogP contribution in [0.5, 0.6) is 5.75 Å². The molecule has 1 amide bonds. The molecule has 2 heterocycles. The summed E-state index contributed by atoms with van der Waals surface area (Å²) in [6.45, 7) is 7.02. The standard InChI is InChI=1S/C25H31N3O5S2/c1-2-33-20-9-10-22-23(19-20)34-25(26-22)28(13-6-12-27-14-16-32-17-15-27)24(29)11-18-35(30,31)21-7-4-3-5-8-21/h3-5,7-10,19H,2,6,11-18H2,1H3. The molecule has 0 spiro atoms. The number of aromatic nitrogens is 1. The lowest BCUT2D eigenvalue weighted by molar-refractivity contribution is -0.118. The number of hydrogen-bond acceptors (Lipinski definition) is 8. The van der Waals surface area contributed by atoms with Gasteiger partial charge in [-0.3, -0.25) is 14.6 Å². The molecule has 0 saturated carbocycles. The largest absolute Gasteiger partial charge is 0.494 e. The van der Waals surface area contributed by atoms with E-state index >= 15 is 0 Å². The Hall–Kier alpha value is -2.53. The summed E-state index contributed by atoms with van der Waals surface area (Å²) in [4.78, 5) is 22.2. The van der Waals surface area contributed by atoms with Gasteiger partial charge in [0, 0.05) is 32.6 Å². The average molecular weight is 518 g/mol. The van der Waals surface area contributed by atoms with E-state index in [1.165, 1.54) is 11.3 Å². The van der Waals surface area contributed by atoms with E-state index in [1.54, 1.807) is 35.2 Å². The van der Waals surface area contributed by atoms with E-state index in [9.17, 15) is 13.2 Å². The van der Waals surface area contributed by atoms with Crippen molar-refractivity contribution in [1.82, 2.24) is 9.88 Å². The molecule has 8 nitrogen and oxygen atoms in total. The Bertz CT molecular complexity index is 1220. The van der Waals surface area contributed by atoms with E-state index in [0.29, 0.717) is 18.3 Å². The molecule has 1 saturated heterocycles. The number of rotatable bonds is 11. The first-order chi connectivity index (χ1) is 17.0. The maximum absolute atomic E-state index is 13.3. The molecule has 2 aromatic carbocycles. The minimum absolute atomic E-state index is 0.102. The van der Waals surface area contributed by atoms with Crippen molar-refractivity contribution < 1.29 is 22.7 Å². The lowest BCUT2D eigenvalue weighted by atomic mass is 10.3. The summed E-state index contributed by atoms with van der Waals surface area (Å²) in [6, 6.07) is 13.9. The van der Waals surface area contributed by atoms with Gasteiger partial charge in [-0.15, -0.1) is 0 Å². The molecule has 3 aromatic rings. The maximum atomic E-state index is 13.3. The lowest BCUT2D eigenvalue weighted by Gasteiger charge is -2.27. The van der Waals surface area contributed by atoms with Crippen LogP contribution < -0.4 is 9.64 Å². The SMILES string of the molecule is CCOc1ccc2nc(N(CCCN3CCOCC3)C(=O)CCS(=O)(=O)c3ccccc3)sc2c1. The van der Waals surface area contributed by atoms with Gasteiger partial charge in [-0.05, 0) is 43.7 Å². The molecule has 188 valence electrons. The molecule has 10 heteroatoms. The van der Waals surface area contributed by atoms with Gasteiger partial charge < -0.3 is 9.47 Å². The van der Waals surface area contributed by atoms with Crippen LogP contribution in [0.15, 0.2) is 53.4 Å². The number of ether oxygens (including phenoxy) is 2. The summed E-state index contributed by atoms with van der Waals surface area (Å²) in [5.41, 5.74) is 0.788. The first kappa shape index (κ1) is 25.6. The highest BCUT2D eigenvalue weighted by atomic mass is 32.2. The summed E-state index contributed by atoms with van der Waals surface area (Å²) in [5, 5.41) is 0.581. The third-order valence-corrected chi connectivity index (χ3v) is 8.61. The number of benzene rings is 2. The van der Waals surface area contributed by atoms with Gasteiger partial charge in [0.2, 0.25) is 5.91 Å². The molecular weight excluding hydrogens is 486 g/mol. The highest BCUT2D eigenvalue weighted by Crippen LogP contribution is 2.32. The second-order valence-electron chi connectivity index (χ2n) is 8.29. The van der Waals surface area contributed by atoms with Crippen LogP contribution in [0.25, 0.3) is 10.2 Å². The Morgan fingerprint density at radius 2 is 1.94 bits per heavy atom. The van der Waals surface area contributed by atoms with Gasteiger partial charge in [-0.25, -0.2) is 13.4 Å². The van der Waals surface area contributed by atoms with Crippen LogP contribution in [0.3, 0.4) is 0 Å². The van der Waals surface area contributed by atoms with Crippen molar-refractivity contribution in [2.24, 2.45) is 0 Å². The van der Waals surface area contributed by atoms with E-state index in [-0.39, 0.29) is 23.0 Å². The molecule has 0 unspecified atom stereocenters. The van der Waals surface area contributed by atoms with Crippen molar-refractivity contribution in [2.45, 2.75) is 24.7 Å². The van der Waals surface area contributed by atoms with Crippen LogP contribution >= 0.6 is 11.3 Å². The molecule has 35 heavy (non-hydrogen) atoms. The molecule has 0 aliphatic carbocycles. The smallest absolute Gasteiger partial charge is 0.229 e. The first-order valence-corrected chi connectivity index (χ1v) is 14.3. The fourth-order valence-corrected chi connectivity index (χ4v) is 6.26. The van der Waals surface area contributed by atoms with Gasteiger partial charge in [0.25, 0.3) is 0 Å². The van der Waals surface area contributed by atoms with Gasteiger partial charge in [0.15, 0.2) is 15.0 Å². The van der Waals surface area contributed by atoms with Gasteiger partial charge >= 0.3 is 0 Å². The Balaban J connectivity index is 1.50.